The minimum absolute atomic E-state index is 0.0349. The molecule has 2 rings (SSSR count). The van der Waals surface area contributed by atoms with Gasteiger partial charge in [-0.25, -0.2) is 14.6 Å². The van der Waals surface area contributed by atoms with Gasteiger partial charge in [-0.2, -0.15) is 0 Å². The largest absolute Gasteiger partial charge is 0.367 e. The van der Waals surface area contributed by atoms with Gasteiger partial charge in [-0.05, 0) is 28.1 Å². The number of amides is 1. The number of hydrogen-bond acceptors (Lipinski definition) is 5. The van der Waals surface area contributed by atoms with Crippen LogP contribution in [0, 0.1) is 0 Å². The lowest BCUT2D eigenvalue weighted by Gasteiger charge is -2.05. The maximum atomic E-state index is 11.6. The van der Waals surface area contributed by atoms with E-state index in [0.29, 0.717) is 10.3 Å². The molecule has 0 fully saturated rings. The second-order valence-corrected chi connectivity index (χ2v) is 4.04. The molecule has 3 N–H and O–H groups in total. The predicted molar refractivity (Wildman–Crippen MR) is 65.0 cm³/mol. The lowest BCUT2D eigenvalue weighted by molar-refractivity contribution is -0.116. The van der Waals surface area contributed by atoms with Crippen molar-refractivity contribution in [2.45, 2.75) is 6.54 Å². The summed E-state index contributed by atoms with van der Waals surface area (Å²) in [6.07, 6.45) is 2.98. The number of pyridine rings is 1. The lowest BCUT2D eigenvalue weighted by Crippen LogP contribution is -2.20. The molecule has 1 amide bonds. The number of aromatic nitrogens is 4. The fourth-order valence-electron chi connectivity index (χ4n) is 1.18. The van der Waals surface area contributed by atoms with E-state index >= 15 is 0 Å². The molecule has 0 aliphatic rings. The first-order valence-electron chi connectivity index (χ1n) is 4.70. The standard InChI is InChI=1S/C9H9BrN6O/c10-6-2-1-3-12-8(6)14-7(17)4-16-5-13-9(11)15-16/h1-3,5H,4H2,(H2,11,15)(H,12,14,17). The Bertz CT molecular complexity index is 540. The van der Waals surface area contributed by atoms with E-state index < -0.39 is 0 Å². The molecule has 0 saturated carbocycles. The maximum Gasteiger partial charge on any atom is 0.247 e. The fourth-order valence-corrected chi connectivity index (χ4v) is 1.54. The Morgan fingerprint density at radius 2 is 2.35 bits per heavy atom. The molecule has 2 heterocycles. The zero-order chi connectivity index (χ0) is 12.3. The van der Waals surface area contributed by atoms with Gasteiger partial charge in [0.05, 0.1) is 4.47 Å². The van der Waals surface area contributed by atoms with Crippen molar-refractivity contribution < 1.29 is 4.79 Å². The van der Waals surface area contributed by atoms with E-state index in [9.17, 15) is 4.79 Å². The van der Waals surface area contributed by atoms with Gasteiger partial charge in [0, 0.05) is 6.20 Å². The van der Waals surface area contributed by atoms with Crippen LogP contribution in [0.4, 0.5) is 11.8 Å². The molecule has 0 saturated heterocycles. The van der Waals surface area contributed by atoms with Gasteiger partial charge in [-0.15, -0.1) is 5.10 Å². The van der Waals surface area contributed by atoms with Crippen LogP contribution in [-0.2, 0) is 11.3 Å². The number of carbonyl (C=O) groups is 1. The number of nitrogens with zero attached hydrogens (tertiary/aromatic N) is 4. The minimum Gasteiger partial charge on any atom is -0.367 e. The van der Waals surface area contributed by atoms with E-state index in [4.69, 9.17) is 5.73 Å². The molecule has 17 heavy (non-hydrogen) atoms. The highest BCUT2D eigenvalue weighted by atomic mass is 79.9. The molecule has 0 aliphatic carbocycles. The van der Waals surface area contributed by atoms with Crippen LogP contribution in [0.3, 0.4) is 0 Å². The highest BCUT2D eigenvalue weighted by Gasteiger charge is 2.07. The summed E-state index contributed by atoms with van der Waals surface area (Å²) in [5.74, 6) is 0.344. The number of halogens is 1. The Morgan fingerprint density at radius 3 is 3.00 bits per heavy atom. The van der Waals surface area contributed by atoms with Crippen molar-refractivity contribution >= 4 is 33.6 Å². The van der Waals surface area contributed by atoms with Gasteiger partial charge in [-0.1, -0.05) is 0 Å². The van der Waals surface area contributed by atoms with Crippen LogP contribution in [0.5, 0.6) is 0 Å². The van der Waals surface area contributed by atoms with E-state index in [2.05, 4.69) is 36.3 Å². The monoisotopic (exact) mass is 296 g/mol. The Balaban J connectivity index is 2.01. The Hall–Kier alpha value is -1.96. The van der Waals surface area contributed by atoms with Crippen LogP contribution < -0.4 is 11.1 Å². The number of rotatable bonds is 3. The molecule has 0 radical (unpaired) electrons. The smallest absolute Gasteiger partial charge is 0.247 e. The summed E-state index contributed by atoms with van der Waals surface area (Å²) in [6.45, 7) is 0.0349. The van der Waals surface area contributed by atoms with Gasteiger partial charge >= 0.3 is 0 Å². The number of anilines is 2. The van der Waals surface area contributed by atoms with E-state index in [1.54, 1.807) is 18.3 Å². The van der Waals surface area contributed by atoms with Crippen LogP contribution in [0.2, 0.25) is 0 Å². The van der Waals surface area contributed by atoms with Crippen molar-refractivity contribution in [3.05, 3.63) is 29.1 Å². The number of nitrogens with two attached hydrogens (primary N) is 1. The summed E-state index contributed by atoms with van der Waals surface area (Å²) in [6, 6.07) is 3.55. The van der Waals surface area contributed by atoms with Crippen molar-refractivity contribution in [2.75, 3.05) is 11.1 Å². The molecule has 2 aromatic heterocycles. The maximum absolute atomic E-state index is 11.6. The second-order valence-electron chi connectivity index (χ2n) is 3.18. The summed E-state index contributed by atoms with van der Waals surface area (Å²) in [7, 11) is 0. The predicted octanol–water partition coefficient (Wildman–Crippen LogP) is 0.656. The van der Waals surface area contributed by atoms with Crippen molar-refractivity contribution in [3.8, 4) is 0 Å². The van der Waals surface area contributed by atoms with Crippen LogP contribution >= 0.6 is 15.9 Å². The Kier molecular flexibility index (Phi) is 3.33. The molecule has 7 nitrogen and oxygen atoms in total. The van der Waals surface area contributed by atoms with E-state index in [-0.39, 0.29) is 18.4 Å². The van der Waals surface area contributed by atoms with Crippen molar-refractivity contribution in [1.82, 2.24) is 19.7 Å². The highest BCUT2D eigenvalue weighted by molar-refractivity contribution is 9.10. The van der Waals surface area contributed by atoms with Crippen LogP contribution in [0.15, 0.2) is 29.1 Å². The summed E-state index contributed by atoms with van der Waals surface area (Å²) in [4.78, 5) is 19.4. The SMILES string of the molecule is Nc1ncn(CC(=O)Nc2ncccc2Br)n1. The van der Waals surface area contributed by atoms with Gasteiger partial charge in [0.1, 0.15) is 18.7 Å². The quantitative estimate of drug-likeness (QED) is 0.867. The summed E-state index contributed by atoms with van der Waals surface area (Å²) < 4.78 is 2.06. The zero-order valence-corrected chi connectivity index (χ0v) is 10.3. The fraction of sp³-hybridized carbons (Fsp3) is 0.111. The topological polar surface area (TPSA) is 98.7 Å². The first kappa shape index (κ1) is 11.5. The van der Waals surface area contributed by atoms with Crippen molar-refractivity contribution in [2.24, 2.45) is 0 Å². The van der Waals surface area contributed by atoms with Gasteiger partial charge in [0.15, 0.2) is 0 Å². The number of nitrogens with one attached hydrogen (secondary N) is 1. The van der Waals surface area contributed by atoms with Crippen molar-refractivity contribution in [3.63, 3.8) is 0 Å². The normalized spacial score (nSPS) is 10.2. The molecule has 0 atom stereocenters. The Labute approximate surface area is 105 Å². The molecule has 0 spiro atoms. The van der Waals surface area contributed by atoms with Crippen LogP contribution in [-0.4, -0.2) is 25.7 Å². The first-order valence-corrected chi connectivity index (χ1v) is 5.50. The van der Waals surface area contributed by atoms with Gasteiger partial charge < -0.3 is 11.1 Å². The summed E-state index contributed by atoms with van der Waals surface area (Å²) in [5, 5.41) is 6.45. The van der Waals surface area contributed by atoms with Gasteiger partial charge in [0.2, 0.25) is 11.9 Å². The molecular weight excluding hydrogens is 288 g/mol. The number of carbonyl (C=O) groups excluding carboxylic acids is 1. The average Bonchev–Trinajstić information content (AvgIpc) is 2.67. The molecule has 2 aromatic rings. The highest BCUT2D eigenvalue weighted by Crippen LogP contribution is 2.17. The minimum atomic E-state index is -0.255. The Morgan fingerprint density at radius 1 is 1.53 bits per heavy atom. The summed E-state index contributed by atoms with van der Waals surface area (Å²) in [5.41, 5.74) is 5.34. The molecule has 0 bridgehead atoms. The first-order chi connectivity index (χ1) is 8.15. The summed E-state index contributed by atoms with van der Waals surface area (Å²) >= 11 is 3.28. The van der Waals surface area contributed by atoms with E-state index in [0.717, 1.165) is 0 Å². The second kappa shape index (κ2) is 4.91. The molecule has 88 valence electrons. The van der Waals surface area contributed by atoms with Gasteiger partial charge in [-0.3, -0.25) is 4.79 Å². The van der Waals surface area contributed by atoms with Crippen LogP contribution in [0.25, 0.3) is 0 Å². The van der Waals surface area contributed by atoms with E-state index in [1.165, 1.54) is 11.0 Å². The third kappa shape index (κ3) is 3.00. The van der Waals surface area contributed by atoms with Gasteiger partial charge in [0.25, 0.3) is 0 Å². The molecule has 0 unspecified atom stereocenters. The van der Waals surface area contributed by atoms with Crippen LogP contribution in [0.1, 0.15) is 0 Å². The molecule has 0 aromatic carbocycles. The van der Waals surface area contributed by atoms with E-state index in [1.807, 2.05) is 0 Å². The number of hydrogen-bond donors (Lipinski definition) is 2. The zero-order valence-electron chi connectivity index (χ0n) is 8.67. The lowest BCUT2D eigenvalue weighted by atomic mass is 10.4. The number of nitrogen functional groups attached to an aromatic ring is 1. The average molecular weight is 297 g/mol. The molecule has 8 heteroatoms. The third-order valence-electron chi connectivity index (χ3n) is 1.88. The van der Waals surface area contributed by atoms with Crippen molar-refractivity contribution in [1.29, 1.82) is 0 Å². The third-order valence-corrected chi connectivity index (χ3v) is 2.52. The molecular formula is C9H9BrN6O. The molecule has 0 aliphatic heterocycles.